The lowest BCUT2D eigenvalue weighted by atomic mass is 9.82. The Morgan fingerprint density at radius 1 is 1.06 bits per heavy atom. The quantitative estimate of drug-likeness (QED) is 0.386. The van der Waals surface area contributed by atoms with E-state index in [2.05, 4.69) is 10.6 Å². The Morgan fingerprint density at radius 2 is 1.78 bits per heavy atom. The van der Waals surface area contributed by atoms with Gasteiger partial charge in [0.25, 0.3) is 0 Å². The number of hydrogen-bond acceptors (Lipinski definition) is 4. The van der Waals surface area contributed by atoms with Gasteiger partial charge in [0.1, 0.15) is 5.82 Å². The highest BCUT2D eigenvalue weighted by Gasteiger charge is 2.34. The highest BCUT2D eigenvalue weighted by Crippen LogP contribution is 2.31. The standard InChI is InChI=1S/C24H25FN2O4S/c1-2-21(23(29)27-20-13-6-5-12-19(20)25)32-16-9-7-8-15(14-16)26-22(28)17-10-3-4-11-18(17)24(30)31/h3-9,12-14,17-18,21H,2,10-11H2,1H3,(H,26,28)(H,27,29)(H,30,31). The summed E-state index contributed by atoms with van der Waals surface area (Å²) in [6.07, 6.45) is 4.85. The molecule has 2 amide bonds. The second-order valence-electron chi connectivity index (χ2n) is 7.49. The summed E-state index contributed by atoms with van der Waals surface area (Å²) >= 11 is 1.31. The molecule has 0 bridgehead atoms. The van der Waals surface area contributed by atoms with E-state index < -0.39 is 28.9 Å². The molecule has 0 saturated carbocycles. The second-order valence-corrected chi connectivity index (χ2v) is 8.77. The minimum absolute atomic E-state index is 0.132. The van der Waals surface area contributed by atoms with Gasteiger partial charge in [-0.15, -0.1) is 11.8 Å². The lowest BCUT2D eigenvalue weighted by molar-refractivity contribution is -0.146. The Kier molecular flexibility index (Phi) is 8.05. The van der Waals surface area contributed by atoms with Crippen molar-refractivity contribution >= 4 is 40.9 Å². The Labute approximate surface area is 190 Å². The van der Waals surface area contributed by atoms with E-state index in [9.17, 15) is 23.9 Å². The predicted octanol–water partition coefficient (Wildman–Crippen LogP) is 4.94. The average molecular weight is 457 g/mol. The summed E-state index contributed by atoms with van der Waals surface area (Å²) < 4.78 is 13.8. The first-order valence-corrected chi connectivity index (χ1v) is 11.3. The number of halogens is 1. The molecule has 1 aliphatic carbocycles. The van der Waals surface area contributed by atoms with Crippen molar-refractivity contribution in [2.24, 2.45) is 11.8 Å². The molecular formula is C24H25FN2O4S. The number of aliphatic carboxylic acids is 1. The average Bonchev–Trinajstić information content (AvgIpc) is 2.79. The van der Waals surface area contributed by atoms with Crippen LogP contribution in [0.2, 0.25) is 0 Å². The number of para-hydroxylation sites is 1. The molecule has 1 aliphatic rings. The van der Waals surface area contributed by atoms with Crippen LogP contribution < -0.4 is 10.6 Å². The minimum atomic E-state index is -0.981. The van der Waals surface area contributed by atoms with Crippen LogP contribution >= 0.6 is 11.8 Å². The van der Waals surface area contributed by atoms with Crippen LogP contribution in [0.1, 0.15) is 26.2 Å². The molecule has 3 atom stereocenters. The number of nitrogens with one attached hydrogen (secondary N) is 2. The van der Waals surface area contributed by atoms with Gasteiger partial charge >= 0.3 is 5.97 Å². The Bertz CT molecular complexity index is 1030. The number of carbonyl (C=O) groups excluding carboxylic acids is 2. The fourth-order valence-corrected chi connectivity index (χ4v) is 4.53. The Hall–Kier alpha value is -3.13. The topological polar surface area (TPSA) is 95.5 Å². The molecule has 0 spiro atoms. The highest BCUT2D eigenvalue weighted by molar-refractivity contribution is 8.00. The van der Waals surface area contributed by atoms with Gasteiger partial charge in [-0.25, -0.2) is 4.39 Å². The maximum atomic E-state index is 13.8. The molecule has 8 heteroatoms. The number of carboxylic acids is 1. The van der Waals surface area contributed by atoms with Crippen LogP contribution in [0.4, 0.5) is 15.8 Å². The van der Waals surface area contributed by atoms with Crippen molar-refractivity contribution in [3.63, 3.8) is 0 Å². The molecule has 0 aromatic heterocycles. The summed E-state index contributed by atoms with van der Waals surface area (Å²) in [6.45, 7) is 1.87. The zero-order valence-electron chi connectivity index (χ0n) is 17.6. The van der Waals surface area contributed by atoms with E-state index in [0.717, 1.165) is 4.90 Å². The molecule has 2 aromatic carbocycles. The SMILES string of the molecule is CCC(Sc1cccc(NC(=O)C2CC=CCC2C(=O)O)c1)C(=O)Nc1ccccc1F. The van der Waals surface area contributed by atoms with Gasteiger partial charge in [-0.1, -0.05) is 37.3 Å². The maximum Gasteiger partial charge on any atom is 0.307 e. The molecular weight excluding hydrogens is 431 g/mol. The summed E-state index contributed by atoms with van der Waals surface area (Å²) in [7, 11) is 0. The van der Waals surface area contributed by atoms with Gasteiger partial charge in [-0.2, -0.15) is 0 Å². The first-order chi connectivity index (χ1) is 15.4. The van der Waals surface area contributed by atoms with Gasteiger partial charge in [-0.05, 0) is 49.6 Å². The molecule has 3 rings (SSSR count). The van der Waals surface area contributed by atoms with Crippen molar-refractivity contribution < 1.29 is 23.9 Å². The normalized spacial score (nSPS) is 18.6. The van der Waals surface area contributed by atoms with Crippen LogP contribution in [0.25, 0.3) is 0 Å². The van der Waals surface area contributed by atoms with Crippen molar-refractivity contribution in [2.75, 3.05) is 10.6 Å². The lowest BCUT2D eigenvalue weighted by Gasteiger charge is -2.24. The third-order valence-corrected chi connectivity index (χ3v) is 6.62. The molecule has 0 fully saturated rings. The van der Waals surface area contributed by atoms with E-state index in [1.54, 1.807) is 36.4 Å². The maximum absolute atomic E-state index is 13.8. The van der Waals surface area contributed by atoms with Gasteiger partial charge in [0.05, 0.1) is 22.8 Å². The van der Waals surface area contributed by atoms with Crippen LogP contribution in [0.15, 0.2) is 65.6 Å². The molecule has 0 saturated heterocycles. The molecule has 3 N–H and O–H groups in total. The summed E-state index contributed by atoms with van der Waals surface area (Å²) in [5.41, 5.74) is 0.662. The number of anilines is 2. The number of thioether (sulfide) groups is 1. The van der Waals surface area contributed by atoms with Crippen LogP contribution in [0.5, 0.6) is 0 Å². The smallest absolute Gasteiger partial charge is 0.307 e. The Balaban J connectivity index is 1.66. The predicted molar refractivity (Wildman–Crippen MR) is 123 cm³/mol. The minimum Gasteiger partial charge on any atom is -0.481 e. The first kappa shape index (κ1) is 23.5. The number of hydrogen-bond donors (Lipinski definition) is 3. The van der Waals surface area contributed by atoms with Gasteiger partial charge in [0.2, 0.25) is 11.8 Å². The lowest BCUT2D eigenvalue weighted by Crippen LogP contribution is -2.34. The molecule has 2 aromatic rings. The van der Waals surface area contributed by atoms with Crippen LogP contribution in [-0.4, -0.2) is 28.1 Å². The summed E-state index contributed by atoms with van der Waals surface area (Å²) in [4.78, 5) is 37.6. The van der Waals surface area contributed by atoms with E-state index in [1.165, 1.54) is 23.9 Å². The van der Waals surface area contributed by atoms with Crippen molar-refractivity contribution in [3.8, 4) is 0 Å². The molecule has 32 heavy (non-hydrogen) atoms. The summed E-state index contributed by atoms with van der Waals surface area (Å²) in [5, 5.41) is 14.4. The van der Waals surface area contributed by atoms with E-state index in [1.807, 2.05) is 19.1 Å². The molecule has 0 heterocycles. The highest BCUT2D eigenvalue weighted by atomic mass is 32.2. The van der Waals surface area contributed by atoms with Gasteiger partial charge in [0, 0.05) is 10.6 Å². The van der Waals surface area contributed by atoms with Crippen LogP contribution in [0, 0.1) is 17.7 Å². The number of rotatable bonds is 8. The van der Waals surface area contributed by atoms with Crippen LogP contribution in [-0.2, 0) is 14.4 Å². The summed E-state index contributed by atoms with van der Waals surface area (Å²) in [6, 6.07) is 13.0. The third kappa shape index (κ3) is 5.97. The van der Waals surface area contributed by atoms with E-state index in [-0.39, 0.29) is 17.5 Å². The zero-order valence-corrected chi connectivity index (χ0v) is 18.4. The summed E-state index contributed by atoms with van der Waals surface area (Å²) in [5.74, 6) is -3.51. The first-order valence-electron chi connectivity index (χ1n) is 10.4. The third-order valence-electron chi connectivity index (χ3n) is 5.26. The molecule has 0 aliphatic heterocycles. The van der Waals surface area contributed by atoms with E-state index in [0.29, 0.717) is 24.9 Å². The van der Waals surface area contributed by atoms with Crippen molar-refractivity contribution in [3.05, 3.63) is 66.5 Å². The number of benzene rings is 2. The molecule has 6 nitrogen and oxygen atoms in total. The molecule has 168 valence electrons. The molecule has 3 unspecified atom stereocenters. The van der Waals surface area contributed by atoms with Crippen molar-refractivity contribution in [1.29, 1.82) is 0 Å². The molecule has 0 radical (unpaired) electrons. The van der Waals surface area contributed by atoms with Crippen LogP contribution in [0.3, 0.4) is 0 Å². The Morgan fingerprint density at radius 3 is 2.47 bits per heavy atom. The van der Waals surface area contributed by atoms with Gasteiger partial charge in [-0.3, -0.25) is 14.4 Å². The number of amides is 2. The number of allylic oxidation sites excluding steroid dienone is 2. The van der Waals surface area contributed by atoms with E-state index >= 15 is 0 Å². The number of carbonyl (C=O) groups is 3. The fraction of sp³-hybridized carbons (Fsp3) is 0.292. The second kappa shape index (κ2) is 10.9. The monoisotopic (exact) mass is 456 g/mol. The van der Waals surface area contributed by atoms with Crippen molar-refractivity contribution in [1.82, 2.24) is 0 Å². The number of carboxylic acid groups (broad SMARTS) is 1. The zero-order chi connectivity index (χ0) is 23.1. The fourth-order valence-electron chi connectivity index (χ4n) is 3.52. The van der Waals surface area contributed by atoms with E-state index in [4.69, 9.17) is 0 Å². The van der Waals surface area contributed by atoms with Gasteiger partial charge < -0.3 is 15.7 Å². The van der Waals surface area contributed by atoms with Crippen molar-refractivity contribution in [2.45, 2.75) is 36.3 Å². The largest absolute Gasteiger partial charge is 0.481 e. The van der Waals surface area contributed by atoms with Gasteiger partial charge in [0.15, 0.2) is 0 Å².